The van der Waals surface area contributed by atoms with E-state index in [4.69, 9.17) is 27.3 Å². The second kappa shape index (κ2) is 11.7. The van der Waals surface area contributed by atoms with Gasteiger partial charge in [-0.2, -0.15) is 22.2 Å². The molecule has 96 valence electrons. The van der Waals surface area contributed by atoms with Crippen molar-refractivity contribution in [1.82, 2.24) is 0 Å². The molecule has 0 fully saturated rings. The van der Waals surface area contributed by atoms with Crippen LogP contribution in [0, 0.1) is 0 Å². The van der Waals surface area contributed by atoms with E-state index in [9.17, 15) is 4.79 Å². The van der Waals surface area contributed by atoms with Crippen LogP contribution < -0.4 is 0 Å². The molecule has 0 spiro atoms. The molecule has 0 aliphatic rings. The van der Waals surface area contributed by atoms with Crippen LogP contribution in [-0.4, -0.2) is 18.5 Å². The Kier molecular flexibility index (Phi) is 11.9. The monoisotopic (exact) mass is 284 g/mol. The minimum atomic E-state index is -1.37. The molecule has 16 heavy (non-hydrogen) atoms. The molecule has 0 aliphatic heterocycles. The van der Waals surface area contributed by atoms with E-state index in [1.807, 2.05) is 0 Å². The topological polar surface area (TPSA) is 37.3 Å². The van der Waals surface area contributed by atoms with E-state index in [1.54, 1.807) is 0 Å². The lowest BCUT2D eigenvalue weighted by Crippen LogP contribution is -1.93. The number of carboxylic acids is 1. The van der Waals surface area contributed by atoms with Crippen LogP contribution in [0.5, 0.6) is 0 Å². The van der Waals surface area contributed by atoms with Gasteiger partial charge in [0, 0.05) is 6.42 Å². The second-order valence-electron chi connectivity index (χ2n) is 4.15. The molecular weight excluding hydrogens is 263 g/mol. The first-order valence-corrected chi connectivity index (χ1v) is 10.4. The van der Waals surface area contributed by atoms with E-state index in [1.165, 1.54) is 32.1 Å². The van der Waals surface area contributed by atoms with Crippen LogP contribution in [0.1, 0.15) is 57.8 Å². The average Bonchev–Trinajstić information content (AvgIpc) is 2.20. The van der Waals surface area contributed by atoms with E-state index in [-0.39, 0.29) is 0 Å². The highest BCUT2D eigenvalue weighted by molar-refractivity contribution is 7.33. The molecule has 0 aromatic rings. The molecule has 5 heteroatoms. The number of hydrogen-bond acceptors (Lipinski definition) is 1. The summed E-state index contributed by atoms with van der Waals surface area (Å²) in [5.74, 6) is -0.680. The zero-order chi connectivity index (χ0) is 12.2. The van der Waals surface area contributed by atoms with Gasteiger partial charge in [0.05, 0.1) is 0 Å². The van der Waals surface area contributed by atoms with Crippen molar-refractivity contribution in [2.45, 2.75) is 63.8 Å². The van der Waals surface area contributed by atoms with Crippen LogP contribution in [0.3, 0.4) is 0 Å². The lowest BCUT2D eigenvalue weighted by molar-refractivity contribution is -0.137. The summed E-state index contributed by atoms with van der Waals surface area (Å²) in [5, 5.41) is 8.44. The minimum Gasteiger partial charge on any atom is -0.481 e. The van der Waals surface area contributed by atoms with Crippen LogP contribution in [0.25, 0.3) is 0 Å². The normalized spacial score (nSPS) is 10.9. The Balaban J connectivity index is 2.96. The number of rotatable bonds is 11. The van der Waals surface area contributed by atoms with E-state index >= 15 is 0 Å². The second-order valence-corrected chi connectivity index (χ2v) is 9.34. The molecule has 0 aromatic carbocycles. The number of aliphatic carboxylic acids is 1. The first kappa shape index (κ1) is 16.3. The molecule has 0 saturated carbocycles. The molecule has 0 rings (SSSR count). The number of carboxylic acid groups (broad SMARTS) is 1. The van der Waals surface area contributed by atoms with Gasteiger partial charge in [-0.15, -0.1) is 0 Å². The molecule has 0 aliphatic carbocycles. The van der Waals surface area contributed by atoms with Crippen molar-refractivity contribution in [2.75, 3.05) is 0 Å². The van der Waals surface area contributed by atoms with Crippen molar-refractivity contribution in [3.8, 4) is 0 Å². The van der Waals surface area contributed by atoms with Crippen molar-refractivity contribution in [2.24, 2.45) is 0 Å². The van der Waals surface area contributed by atoms with Crippen LogP contribution >= 0.6 is 22.2 Å². The summed E-state index contributed by atoms with van der Waals surface area (Å²) in [6.45, 7) is 0. The lowest BCUT2D eigenvalue weighted by atomic mass is 10.1. The summed E-state index contributed by atoms with van der Waals surface area (Å²) in [6.07, 6.45) is 9.49. The largest absolute Gasteiger partial charge is 0.481 e. The van der Waals surface area contributed by atoms with Gasteiger partial charge in [-0.3, -0.25) is 4.79 Å². The minimum absolute atomic E-state index is 0.317. The zero-order valence-electron chi connectivity index (χ0n) is 9.76. The summed E-state index contributed by atoms with van der Waals surface area (Å²) in [4.78, 5) is 10.2. The Morgan fingerprint density at radius 1 is 0.875 bits per heavy atom. The fourth-order valence-corrected chi connectivity index (χ4v) is 3.16. The summed E-state index contributed by atoms with van der Waals surface area (Å²) in [7, 11) is -1.37. The third-order valence-corrected chi connectivity index (χ3v) is 4.72. The molecule has 0 unspecified atom stereocenters. The Morgan fingerprint density at radius 3 is 1.75 bits per heavy atom. The maximum atomic E-state index is 10.2. The van der Waals surface area contributed by atoms with E-state index in [0.29, 0.717) is 6.42 Å². The standard InChI is InChI=1S/C11H22Cl2O2Si/c12-16(13)10-8-6-4-2-1-3-5-7-9-11(14)15/h16H,1-10H2,(H,14,15). The molecule has 0 bridgehead atoms. The molecule has 0 heterocycles. The fourth-order valence-electron chi connectivity index (χ4n) is 1.64. The third kappa shape index (κ3) is 14.3. The van der Waals surface area contributed by atoms with Crippen LogP contribution in [0.4, 0.5) is 0 Å². The highest BCUT2D eigenvalue weighted by atomic mass is 35.7. The number of carbonyl (C=O) groups is 1. The average molecular weight is 285 g/mol. The van der Waals surface area contributed by atoms with Crippen molar-refractivity contribution in [1.29, 1.82) is 0 Å². The van der Waals surface area contributed by atoms with Crippen molar-refractivity contribution >= 4 is 35.5 Å². The van der Waals surface area contributed by atoms with Crippen molar-refractivity contribution in [3.05, 3.63) is 0 Å². The summed E-state index contributed by atoms with van der Waals surface area (Å²) in [5.41, 5.74) is 0. The van der Waals surface area contributed by atoms with Gasteiger partial charge in [-0.1, -0.05) is 44.9 Å². The molecular formula is C11H22Cl2O2Si. The Morgan fingerprint density at radius 2 is 1.31 bits per heavy atom. The maximum Gasteiger partial charge on any atom is 0.303 e. The summed E-state index contributed by atoms with van der Waals surface area (Å²) < 4.78 is 0. The summed E-state index contributed by atoms with van der Waals surface area (Å²) >= 11 is 11.5. The predicted octanol–water partition coefficient (Wildman–Crippen LogP) is 4.28. The van der Waals surface area contributed by atoms with Crippen molar-refractivity contribution in [3.63, 3.8) is 0 Å². The van der Waals surface area contributed by atoms with Gasteiger partial charge in [-0.05, 0) is 12.5 Å². The lowest BCUT2D eigenvalue weighted by Gasteiger charge is -2.01. The Hall–Kier alpha value is 0.267. The third-order valence-electron chi connectivity index (χ3n) is 2.56. The fraction of sp³-hybridized carbons (Fsp3) is 0.909. The quantitative estimate of drug-likeness (QED) is 0.349. The zero-order valence-corrected chi connectivity index (χ0v) is 12.4. The smallest absolute Gasteiger partial charge is 0.303 e. The number of unbranched alkanes of at least 4 members (excludes halogenated alkanes) is 7. The first-order valence-electron chi connectivity index (χ1n) is 6.13. The summed E-state index contributed by atoms with van der Waals surface area (Å²) in [6, 6.07) is 1.03. The van der Waals surface area contributed by atoms with Gasteiger partial charge in [-0.25, -0.2) is 0 Å². The molecule has 0 saturated heterocycles. The predicted molar refractivity (Wildman–Crippen MR) is 72.9 cm³/mol. The SMILES string of the molecule is O=C(O)CCCCCCCCCC[SiH](Cl)Cl. The molecule has 2 nitrogen and oxygen atoms in total. The molecule has 0 amide bonds. The van der Waals surface area contributed by atoms with E-state index in [2.05, 4.69) is 0 Å². The van der Waals surface area contributed by atoms with Gasteiger partial charge >= 0.3 is 5.97 Å². The van der Waals surface area contributed by atoms with Gasteiger partial charge in [0.1, 0.15) is 0 Å². The molecule has 0 aromatic heterocycles. The van der Waals surface area contributed by atoms with Crippen LogP contribution in [0.2, 0.25) is 6.04 Å². The van der Waals surface area contributed by atoms with Gasteiger partial charge in [0.15, 0.2) is 0 Å². The Bertz CT molecular complexity index is 177. The van der Waals surface area contributed by atoms with Gasteiger partial charge in [0.25, 0.3) is 0 Å². The van der Waals surface area contributed by atoms with Crippen LogP contribution in [-0.2, 0) is 4.79 Å². The molecule has 0 radical (unpaired) electrons. The van der Waals surface area contributed by atoms with Crippen LogP contribution in [0.15, 0.2) is 0 Å². The number of halogens is 2. The maximum absolute atomic E-state index is 10.2. The van der Waals surface area contributed by atoms with E-state index < -0.39 is 13.4 Å². The highest BCUT2D eigenvalue weighted by Crippen LogP contribution is 2.13. The Labute approximate surface area is 109 Å². The van der Waals surface area contributed by atoms with Gasteiger partial charge in [0.2, 0.25) is 7.42 Å². The molecule has 0 atom stereocenters. The van der Waals surface area contributed by atoms with Gasteiger partial charge < -0.3 is 5.11 Å². The molecule has 1 N–H and O–H groups in total. The first-order chi connectivity index (χ1) is 7.63. The number of hydrogen-bond donors (Lipinski definition) is 1. The van der Waals surface area contributed by atoms with Crippen molar-refractivity contribution < 1.29 is 9.90 Å². The highest BCUT2D eigenvalue weighted by Gasteiger charge is 2.00. The van der Waals surface area contributed by atoms with E-state index in [0.717, 1.165) is 25.3 Å².